The van der Waals surface area contributed by atoms with Crippen molar-refractivity contribution < 1.29 is 14.4 Å². The van der Waals surface area contributed by atoms with Crippen LogP contribution in [0.3, 0.4) is 0 Å². The van der Waals surface area contributed by atoms with Gasteiger partial charge in [-0.3, -0.25) is 14.4 Å². The molecule has 0 atom stereocenters. The third kappa shape index (κ3) is 4.05. The summed E-state index contributed by atoms with van der Waals surface area (Å²) in [5.74, 6) is -1.37. The summed E-state index contributed by atoms with van der Waals surface area (Å²) in [5.41, 5.74) is 4.56. The first-order valence-corrected chi connectivity index (χ1v) is 10.1. The fourth-order valence-corrected chi connectivity index (χ4v) is 3.92. The highest BCUT2D eigenvalue weighted by Crippen LogP contribution is 2.29. The first-order valence-electron chi connectivity index (χ1n) is 10.1. The van der Waals surface area contributed by atoms with E-state index in [9.17, 15) is 14.4 Å². The lowest BCUT2D eigenvalue weighted by atomic mass is 10.0. The maximum Gasteiger partial charge on any atom is 0.313 e. The number of rotatable bonds is 4. The molecule has 0 aliphatic carbocycles. The number of carbonyl (C=O) groups is 3. The molecule has 30 heavy (non-hydrogen) atoms. The number of anilines is 2. The van der Waals surface area contributed by atoms with Crippen molar-refractivity contribution in [3.8, 4) is 0 Å². The van der Waals surface area contributed by atoms with Gasteiger partial charge in [-0.2, -0.15) is 0 Å². The number of H-pyrrole nitrogens is 1. The van der Waals surface area contributed by atoms with E-state index in [4.69, 9.17) is 0 Å². The Balaban J connectivity index is 1.33. The van der Waals surface area contributed by atoms with Gasteiger partial charge in [0, 0.05) is 48.5 Å². The Morgan fingerprint density at radius 2 is 1.93 bits per heavy atom. The highest BCUT2D eigenvalue weighted by molar-refractivity contribution is 6.39. The molecule has 2 heterocycles. The van der Waals surface area contributed by atoms with Crippen LogP contribution < -0.4 is 15.5 Å². The number of aryl methyl sites for hydroxylation is 1. The second kappa shape index (κ2) is 8.41. The largest absolute Gasteiger partial charge is 0.361 e. The average molecular weight is 404 g/mol. The van der Waals surface area contributed by atoms with E-state index in [1.807, 2.05) is 42.6 Å². The first-order chi connectivity index (χ1) is 14.5. The predicted molar refractivity (Wildman–Crippen MR) is 116 cm³/mol. The van der Waals surface area contributed by atoms with Crippen LogP contribution in [0, 0.1) is 0 Å². The number of carbonyl (C=O) groups excluding carboxylic acids is 3. The average Bonchev–Trinajstić information content (AvgIpc) is 3.16. The highest BCUT2D eigenvalue weighted by atomic mass is 16.2. The van der Waals surface area contributed by atoms with Gasteiger partial charge in [0.1, 0.15) is 0 Å². The van der Waals surface area contributed by atoms with Crippen molar-refractivity contribution in [2.75, 3.05) is 23.3 Å². The van der Waals surface area contributed by atoms with Gasteiger partial charge in [0.2, 0.25) is 5.91 Å². The molecule has 2 aromatic carbocycles. The minimum absolute atomic E-state index is 0.00214. The monoisotopic (exact) mass is 404 g/mol. The fraction of sp³-hybridized carbons (Fsp3) is 0.261. The van der Waals surface area contributed by atoms with E-state index in [2.05, 4.69) is 15.6 Å². The summed E-state index contributed by atoms with van der Waals surface area (Å²) in [6.45, 7) is 2.62. The van der Waals surface area contributed by atoms with E-state index in [0.29, 0.717) is 25.2 Å². The molecule has 0 spiro atoms. The molecule has 0 fully saturated rings. The van der Waals surface area contributed by atoms with E-state index < -0.39 is 11.8 Å². The van der Waals surface area contributed by atoms with E-state index in [-0.39, 0.29) is 5.91 Å². The van der Waals surface area contributed by atoms with Gasteiger partial charge in [-0.05, 0) is 54.7 Å². The molecule has 3 amide bonds. The number of aromatic amines is 1. The number of hydrogen-bond acceptors (Lipinski definition) is 3. The molecule has 3 N–H and O–H groups in total. The SMILES string of the molecule is CC(=O)N1CCCc2cc(NC(=O)C(=O)NCCc3c[nH]c4ccccc34)ccc21. The van der Waals surface area contributed by atoms with Crippen LogP contribution in [0.15, 0.2) is 48.7 Å². The lowest BCUT2D eigenvalue weighted by molar-refractivity contribution is -0.136. The molecular weight excluding hydrogens is 380 g/mol. The van der Waals surface area contributed by atoms with Crippen LogP contribution in [-0.4, -0.2) is 35.8 Å². The summed E-state index contributed by atoms with van der Waals surface area (Å²) in [4.78, 5) is 41.2. The maximum absolute atomic E-state index is 12.3. The summed E-state index contributed by atoms with van der Waals surface area (Å²) in [6.07, 6.45) is 4.26. The zero-order valence-corrected chi connectivity index (χ0v) is 16.8. The Kier molecular flexibility index (Phi) is 5.52. The highest BCUT2D eigenvalue weighted by Gasteiger charge is 2.21. The van der Waals surface area contributed by atoms with Gasteiger partial charge in [-0.25, -0.2) is 0 Å². The second-order valence-corrected chi connectivity index (χ2v) is 7.44. The number of amides is 3. The van der Waals surface area contributed by atoms with Crippen molar-refractivity contribution in [3.05, 3.63) is 59.8 Å². The molecule has 0 saturated heterocycles. The topological polar surface area (TPSA) is 94.3 Å². The van der Waals surface area contributed by atoms with Crippen LogP contribution >= 0.6 is 0 Å². The lowest BCUT2D eigenvalue weighted by Crippen LogP contribution is -2.36. The Bertz CT molecular complexity index is 1120. The molecule has 1 aliphatic rings. The van der Waals surface area contributed by atoms with Gasteiger partial charge in [0.15, 0.2) is 0 Å². The summed E-state index contributed by atoms with van der Waals surface area (Å²) < 4.78 is 0. The first kappa shape index (κ1) is 19.7. The van der Waals surface area contributed by atoms with E-state index in [1.54, 1.807) is 17.9 Å². The van der Waals surface area contributed by atoms with Crippen LogP contribution in [0.1, 0.15) is 24.5 Å². The molecule has 1 aliphatic heterocycles. The number of aromatic nitrogens is 1. The van der Waals surface area contributed by atoms with Crippen molar-refractivity contribution in [1.29, 1.82) is 0 Å². The maximum atomic E-state index is 12.3. The molecule has 0 bridgehead atoms. The van der Waals surface area contributed by atoms with E-state index in [1.165, 1.54) is 0 Å². The summed E-state index contributed by atoms with van der Waals surface area (Å²) in [7, 11) is 0. The van der Waals surface area contributed by atoms with Crippen molar-refractivity contribution in [2.45, 2.75) is 26.2 Å². The van der Waals surface area contributed by atoms with E-state index in [0.717, 1.165) is 40.6 Å². The van der Waals surface area contributed by atoms with Gasteiger partial charge in [-0.1, -0.05) is 18.2 Å². The van der Waals surface area contributed by atoms with Crippen LogP contribution in [0.5, 0.6) is 0 Å². The minimum atomic E-state index is -0.701. The molecule has 154 valence electrons. The van der Waals surface area contributed by atoms with Crippen molar-refractivity contribution in [1.82, 2.24) is 10.3 Å². The predicted octanol–water partition coefficient (Wildman–Crippen LogP) is 2.76. The van der Waals surface area contributed by atoms with Gasteiger partial charge in [0.05, 0.1) is 0 Å². The zero-order chi connectivity index (χ0) is 21.1. The van der Waals surface area contributed by atoms with E-state index >= 15 is 0 Å². The number of nitrogens with zero attached hydrogens (tertiary/aromatic N) is 1. The molecular formula is C23H24N4O3. The number of hydrogen-bond donors (Lipinski definition) is 3. The molecule has 0 saturated carbocycles. The van der Waals surface area contributed by atoms with Crippen molar-refractivity contribution in [2.24, 2.45) is 0 Å². The summed E-state index contributed by atoms with van der Waals surface area (Å²) in [6, 6.07) is 13.3. The van der Waals surface area contributed by atoms with Crippen LogP contribution in [0.25, 0.3) is 10.9 Å². The smallest absolute Gasteiger partial charge is 0.313 e. The summed E-state index contributed by atoms with van der Waals surface area (Å²) >= 11 is 0. The van der Waals surface area contributed by atoms with Gasteiger partial charge in [-0.15, -0.1) is 0 Å². The Hall–Kier alpha value is -3.61. The third-order valence-corrected chi connectivity index (χ3v) is 5.40. The molecule has 7 nitrogen and oxygen atoms in total. The molecule has 3 aromatic rings. The minimum Gasteiger partial charge on any atom is -0.361 e. The second-order valence-electron chi connectivity index (χ2n) is 7.44. The standard InChI is InChI=1S/C23H24N4O3/c1-15(28)27-12-4-5-16-13-18(8-9-21(16)27)26-23(30)22(29)24-11-10-17-14-25-20-7-3-2-6-19(17)20/h2-3,6-9,13-14,25H,4-5,10-12H2,1H3,(H,24,29)(H,26,30). The normalized spacial score (nSPS) is 13.0. The molecule has 1 aromatic heterocycles. The molecule has 0 unspecified atom stereocenters. The Morgan fingerprint density at radius 1 is 1.10 bits per heavy atom. The number of benzene rings is 2. The van der Waals surface area contributed by atoms with Gasteiger partial charge < -0.3 is 20.5 Å². The van der Waals surface area contributed by atoms with Crippen molar-refractivity contribution >= 4 is 40.0 Å². The summed E-state index contributed by atoms with van der Waals surface area (Å²) in [5, 5.41) is 6.44. The fourth-order valence-electron chi connectivity index (χ4n) is 3.92. The number of nitrogens with one attached hydrogen (secondary N) is 3. The molecule has 0 radical (unpaired) electrons. The van der Waals surface area contributed by atoms with Crippen LogP contribution in [0.4, 0.5) is 11.4 Å². The Morgan fingerprint density at radius 3 is 2.77 bits per heavy atom. The number of para-hydroxylation sites is 1. The quantitative estimate of drug-likeness (QED) is 0.584. The molecule has 7 heteroatoms. The molecule has 4 rings (SSSR count). The Labute approximate surface area is 174 Å². The third-order valence-electron chi connectivity index (χ3n) is 5.40. The van der Waals surface area contributed by atoms with Gasteiger partial charge >= 0.3 is 11.8 Å². The van der Waals surface area contributed by atoms with Crippen LogP contribution in [-0.2, 0) is 27.2 Å². The van der Waals surface area contributed by atoms with Crippen molar-refractivity contribution in [3.63, 3.8) is 0 Å². The zero-order valence-electron chi connectivity index (χ0n) is 16.8. The lowest BCUT2D eigenvalue weighted by Gasteiger charge is -2.28. The van der Waals surface area contributed by atoms with Crippen LogP contribution in [0.2, 0.25) is 0 Å². The number of fused-ring (bicyclic) bond motifs is 2. The van der Waals surface area contributed by atoms with Gasteiger partial charge in [0.25, 0.3) is 0 Å².